The van der Waals surface area contributed by atoms with Crippen LogP contribution in [0.1, 0.15) is 13.8 Å². The van der Waals surface area contributed by atoms with Gasteiger partial charge in [0.25, 0.3) is 0 Å². The normalized spacial score (nSPS) is 11.9. The molecule has 0 bridgehead atoms. The van der Waals surface area contributed by atoms with Crippen molar-refractivity contribution >= 4 is 11.7 Å². The van der Waals surface area contributed by atoms with Crippen LogP contribution in [0.15, 0.2) is 18.6 Å². The van der Waals surface area contributed by atoms with Crippen LogP contribution in [0, 0.1) is 0 Å². The first kappa shape index (κ1) is 11.4. The Bertz CT molecular complexity index is 314. The van der Waals surface area contributed by atoms with Crippen LogP contribution in [-0.4, -0.2) is 40.4 Å². The topological polar surface area (TPSA) is 58.1 Å². The highest BCUT2D eigenvalue weighted by Gasteiger charge is 2.15. The number of hydrogen-bond donors (Lipinski definition) is 1. The van der Waals surface area contributed by atoms with Gasteiger partial charge in [-0.2, -0.15) is 0 Å². The van der Waals surface area contributed by atoms with Gasteiger partial charge in [-0.3, -0.25) is 9.78 Å². The smallest absolute Gasteiger partial charge is 0.244 e. The monoisotopic (exact) mass is 208 g/mol. The molecule has 15 heavy (non-hydrogen) atoms. The molecule has 1 aromatic heterocycles. The van der Waals surface area contributed by atoms with Crippen LogP contribution in [0.4, 0.5) is 5.82 Å². The highest BCUT2D eigenvalue weighted by molar-refractivity contribution is 5.83. The Morgan fingerprint density at radius 1 is 1.60 bits per heavy atom. The predicted molar refractivity (Wildman–Crippen MR) is 58.4 cm³/mol. The number of hydrogen-bond acceptors (Lipinski definition) is 4. The maximum absolute atomic E-state index is 11.7. The number of aromatic nitrogens is 2. The largest absolute Gasteiger partial charge is 0.357 e. The van der Waals surface area contributed by atoms with E-state index < -0.39 is 0 Å². The Kier molecular flexibility index (Phi) is 4.03. The van der Waals surface area contributed by atoms with Crippen molar-refractivity contribution in [3.63, 3.8) is 0 Å². The molecular formula is C10H16N4O. The molecule has 1 heterocycles. The molecule has 0 aromatic carbocycles. The third kappa shape index (κ3) is 3.19. The summed E-state index contributed by atoms with van der Waals surface area (Å²) in [6.07, 6.45) is 4.77. The summed E-state index contributed by atoms with van der Waals surface area (Å²) in [5.41, 5.74) is 0. The number of likely N-dealkylation sites (N-methyl/N-ethyl adjacent to an activating group) is 1. The van der Waals surface area contributed by atoms with Crippen molar-refractivity contribution in [3.05, 3.63) is 18.6 Å². The van der Waals surface area contributed by atoms with Crippen LogP contribution in [0.2, 0.25) is 0 Å². The Morgan fingerprint density at radius 2 is 2.33 bits per heavy atom. The maximum atomic E-state index is 11.7. The number of anilines is 1. The van der Waals surface area contributed by atoms with E-state index in [1.54, 1.807) is 30.5 Å². The first-order valence-corrected chi connectivity index (χ1v) is 4.92. The molecule has 1 amide bonds. The zero-order chi connectivity index (χ0) is 11.3. The zero-order valence-corrected chi connectivity index (χ0v) is 9.27. The summed E-state index contributed by atoms with van der Waals surface area (Å²) < 4.78 is 0. The molecule has 0 aliphatic carbocycles. The zero-order valence-electron chi connectivity index (χ0n) is 9.27. The second kappa shape index (κ2) is 5.29. The molecule has 0 aliphatic rings. The number of rotatable bonds is 4. The van der Waals surface area contributed by atoms with Crippen LogP contribution in [0.3, 0.4) is 0 Å². The van der Waals surface area contributed by atoms with Crippen molar-refractivity contribution in [3.8, 4) is 0 Å². The number of nitrogens with zero attached hydrogens (tertiary/aromatic N) is 3. The van der Waals surface area contributed by atoms with Gasteiger partial charge < -0.3 is 10.2 Å². The molecule has 0 saturated heterocycles. The third-order valence-electron chi connectivity index (χ3n) is 2.15. The third-order valence-corrected chi connectivity index (χ3v) is 2.15. The van der Waals surface area contributed by atoms with Crippen LogP contribution < -0.4 is 5.32 Å². The molecule has 1 unspecified atom stereocenters. The highest BCUT2D eigenvalue weighted by atomic mass is 16.2. The van der Waals surface area contributed by atoms with Gasteiger partial charge in [0.15, 0.2) is 0 Å². The fraction of sp³-hybridized carbons (Fsp3) is 0.500. The van der Waals surface area contributed by atoms with Gasteiger partial charge in [-0.15, -0.1) is 0 Å². The van der Waals surface area contributed by atoms with Crippen molar-refractivity contribution in [2.24, 2.45) is 0 Å². The van der Waals surface area contributed by atoms with Crippen LogP contribution >= 0.6 is 0 Å². The molecule has 1 atom stereocenters. The van der Waals surface area contributed by atoms with E-state index in [-0.39, 0.29) is 11.9 Å². The minimum atomic E-state index is -0.286. The van der Waals surface area contributed by atoms with Crippen LogP contribution in [0.5, 0.6) is 0 Å². The Morgan fingerprint density at radius 3 is 2.87 bits per heavy atom. The first-order chi connectivity index (χ1) is 7.15. The number of carbonyl (C=O) groups is 1. The average molecular weight is 208 g/mol. The standard InChI is InChI=1S/C10H16N4O/c1-4-14(3)10(15)8(2)13-9-7-11-5-6-12-9/h5-8H,4H2,1-3H3,(H,12,13). The minimum Gasteiger partial charge on any atom is -0.357 e. The average Bonchev–Trinajstić information content (AvgIpc) is 2.28. The van der Waals surface area contributed by atoms with E-state index >= 15 is 0 Å². The fourth-order valence-corrected chi connectivity index (χ4v) is 1.14. The molecule has 0 saturated carbocycles. The fourth-order valence-electron chi connectivity index (χ4n) is 1.14. The van der Waals surface area contributed by atoms with Crippen molar-refractivity contribution in [1.82, 2.24) is 14.9 Å². The van der Waals surface area contributed by atoms with Gasteiger partial charge in [0.2, 0.25) is 5.91 Å². The lowest BCUT2D eigenvalue weighted by molar-refractivity contribution is -0.130. The summed E-state index contributed by atoms with van der Waals surface area (Å²) in [4.78, 5) is 21.3. The Balaban J connectivity index is 2.56. The maximum Gasteiger partial charge on any atom is 0.244 e. The minimum absolute atomic E-state index is 0.0446. The molecule has 0 spiro atoms. The first-order valence-electron chi connectivity index (χ1n) is 4.92. The highest BCUT2D eigenvalue weighted by Crippen LogP contribution is 2.02. The van der Waals surface area contributed by atoms with E-state index in [2.05, 4.69) is 15.3 Å². The molecule has 0 aliphatic heterocycles. The van der Waals surface area contributed by atoms with Gasteiger partial charge in [-0.25, -0.2) is 4.98 Å². The summed E-state index contributed by atoms with van der Waals surface area (Å²) in [7, 11) is 1.77. The summed E-state index contributed by atoms with van der Waals surface area (Å²) in [6.45, 7) is 4.45. The molecule has 82 valence electrons. The molecule has 5 nitrogen and oxygen atoms in total. The molecule has 0 radical (unpaired) electrons. The van der Waals surface area contributed by atoms with Gasteiger partial charge in [-0.05, 0) is 13.8 Å². The quantitative estimate of drug-likeness (QED) is 0.793. The molecule has 1 rings (SSSR count). The summed E-state index contributed by atoms with van der Waals surface area (Å²) in [5, 5.41) is 2.99. The second-order valence-electron chi connectivity index (χ2n) is 3.31. The molecule has 0 fully saturated rings. The van der Waals surface area contributed by atoms with Crippen LogP contribution in [-0.2, 0) is 4.79 Å². The molecule has 5 heteroatoms. The molecular weight excluding hydrogens is 192 g/mol. The number of nitrogens with one attached hydrogen (secondary N) is 1. The molecule has 1 N–H and O–H groups in total. The Labute approximate surface area is 89.5 Å². The second-order valence-corrected chi connectivity index (χ2v) is 3.31. The van der Waals surface area contributed by atoms with Gasteiger partial charge in [0.1, 0.15) is 11.9 Å². The van der Waals surface area contributed by atoms with E-state index in [0.29, 0.717) is 12.4 Å². The van der Waals surface area contributed by atoms with E-state index in [9.17, 15) is 4.79 Å². The van der Waals surface area contributed by atoms with Crippen molar-refractivity contribution in [2.75, 3.05) is 18.9 Å². The van der Waals surface area contributed by atoms with Gasteiger partial charge >= 0.3 is 0 Å². The van der Waals surface area contributed by atoms with E-state index in [4.69, 9.17) is 0 Å². The predicted octanol–water partition coefficient (Wildman–Crippen LogP) is 0.755. The molecule has 1 aromatic rings. The lowest BCUT2D eigenvalue weighted by Gasteiger charge is -2.20. The van der Waals surface area contributed by atoms with E-state index in [1.165, 1.54) is 0 Å². The van der Waals surface area contributed by atoms with Crippen LogP contribution in [0.25, 0.3) is 0 Å². The SMILES string of the molecule is CCN(C)C(=O)C(C)Nc1cnccn1. The Hall–Kier alpha value is -1.65. The van der Waals surface area contributed by atoms with E-state index in [1.807, 2.05) is 13.8 Å². The lowest BCUT2D eigenvalue weighted by atomic mass is 10.3. The number of carbonyl (C=O) groups excluding carboxylic acids is 1. The van der Waals surface area contributed by atoms with Crippen molar-refractivity contribution in [1.29, 1.82) is 0 Å². The number of amides is 1. The van der Waals surface area contributed by atoms with Crippen molar-refractivity contribution in [2.45, 2.75) is 19.9 Å². The van der Waals surface area contributed by atoms with Gasteiger partial charge in [-0.1, -0.05) is 0 Å². The summed E-state index contributed by atoms with van der Waals surface area (Å²) >= 11 is 0. The summed E-state index contributed by atoms with van der Waals surface area (Å²) in [5.74, 6) is 0.658. The lowest BCUT2D eigenvalue weighted by Crippen LogP contribution is -2.39. The van der Waals surface area contributed by atoms with Crippen molar-refractivity contribution < 1.29 is 4.79 Å². The van der Waals surface area contributed by atoms with E-state index in [0.717, 1.165) is 0 Å². The van der Waals surface area contributed by atoms with Gasteiger partial charge in [0, 0.05) is 26.0 Å². The summed E-state index contributed by atoms with van der Waals surface area (Å²) in [6, 6.07) is -0.286. The van der Waals surface area contributed by atoms with Gasteiger partial charge in [0.05, 0.1) is 6.20 Å².